The molecule has 6 heteroatoms. The number of hydrogen-bond donors (Lipinski definition) is 1. The molecule has 0 heterocycles. The highest BCUT2D eigenvalue weighted by molar-refractivity contribution is 6.30. The van der Waals surface area contributed by atoms with Crippen LogP contribution < -0.4 is 10.1 Å². The normalized spacial score (nSPS) is 10.1. The van der Waals surface area contributed by atoms with Crippen LogP contribution in [0.4, 0.5) is 10.1 Å². The molecule has 0 saturated heterocycles. The first-order valence-corrected chi connectivity index (χ1v) is 8.42. The van der Waals surface area contributed by atoms with E-state index in [9.17, 15) is 9.18 Å². The van der Waals surface area contributed by atoms with Gasteiger partial charge < -0.3 is 10.1 Å². The van der Waals surface area contributed by atoms with Crippen LogP contribution in [-0.2, 0) is 6.61 Å². The van der Waals surface area contributed by atoms with Gasteiger partial charge in [-0.05, 0) is 42.5 Å². The fraction of sp³-hybridized carbons (Fsp3) is 0.0476. The average Bonchev–Trinajstić information content (AvgIpc) is 2.69. The van der Waals surface area contributed by atoms with Gasteiger partial charge >= 0.3 is 0 Å². The Morgan fingerprint density at radius 2 is 1.93 bits per heavy atom. The van der Waals surface area contributed by atoms with Crippen LogP contribution in [0.3, 0.4) is 0 Å². The van der Waals surface area contributed by atoms with Crippen LogP contribution in [0.15, 0.2) is 66.7 Å². The molecule has 3 rings (SSSR count). The molecule has 0 bridgehead atoms. The summed E-state index contributed by atoms with van der Waals surface area (Å²) in [5.41, 5.74) is 1.64. The molecule has 0 radical (unpaired) electrons. The number of carbonyl (C=O) groups is 1. The molecule has 0 saturated carbocycles. The number of carbonyl (C=O) groups excluding carboxylic acids is 1. The van der Waals surface area contributed by atoms with Gasteiger partial charge in [0.1, 0.15) is 18.2 Å². The van der Waals surface area contributed by atoms with Crippen molar-refractivity contribution in [1.82, 2.24) is 0 Å². The molecule has 3 aromatic carbocycles. The summed E-state index contributed by atoms with van der Waals surface area (Å²) in [6.45, 7) is 0.195. The van der Waals surface area contributed by atoms with E-state index in [1.54, 1.807) is 42.5 Å². The van der Waals surface area contributed by atoms with Gasteiger partial charge in [-0.2, -0.15) is 5.26 Å². The minimum atomic E-state index is -0.614. The zero-order valence-electron chi connectivity index (χ0n) is 14.1. The van der Waals surface area contributed by atoms with Crippen LogP contribution in [0.1, 0.15) is 21.5 Å². The van der Waals surface area contributed by atoms with E-state index >= 15 is 0 Å². The Morgan fingerprint density at radius 3 is 2.70 bits per heavy atom. The van der Waals surface area contributed by atoms with E-state index in [1.807, 2.05) is 6.07 Å². The molecule has 0 fully saturated rings. The summed E-state index contributed by atoms with van der Waals surface area (Å²) in [7, 11) is 0. The maximum atomic E-state index is 13.8. The number of amides is 1. The summed E-state index contributed by atoms with van der Waals surface area (Å²) in [5, 5.41) is 11.9. The van der Waals surface area contributed by atoms with E-state index in [2.05, 4.69) is 11.4 Å². The Kier molecular flexibility index (Phi) is 5.70. The van der Waals surface area contributed by atoms with Crippen molar-refractivity contribution in [3.63, 3.8) is 0 Å². The number of ether oxygens (including phenoxy) is 1. The Balaban J connectivity index is 1.71. The van der Waals surface area contributed by atoms with Crippen LogP contribution in [-0.4, -0.2) is 5.91 Å². The smallest absolute Gasteiger partial charge is 0.255 e. The van der Waals surface area contributed by atoms with Crippen LogP contribution >= 0.6 is 11.6 Å². The molecule has 0 aliphatic rings. The number of rotatable bonds is 5. The van der Waals surface area contributed by atoms with Crippen molar-refractivity contribution >= 4 is 23.2 Å². The van der Waals surface area contributed by atoms with E-state index in [0.29, 0.717) is 16.9 Å². The summed E-state index contributed by atoms with van der Waals surface area (Å²) in [6.07, 6.45) is 0. The standard InChI is InChI=1S/C21H14ClFN2O2/c22-17-8-9-20(19(23)11-17)25-21(26)14-6-3-7-18(10-14)27-13-16-5-2-1-4-15(16)12-24/h1-11H,13H2,(H,25,26). The molecular formula is C21H14ClFN2O2. The SMILES string of the molecule is N#Cc1ccccc1COc1cccc(C(=O)Nc2ccc(Cl)cc2F)c1. The Morgan fingerprint density at radius 1 is 1.11 bits per heavy atom. The molecule has 0 aliphatic heterocycles. The number of hydrogen-bond acceptors (Lipinski definition) is 3. The van der Waals surface area contributed by atoms with Gasteiger partial charge in [-0.3, -0.25) is 4.79 Å². The second kappa shape index (κ2) is 8.35. The lowest BCUT2D eigenvalue weighted by molar-refractivity contribution is 0.102. The average molecular weight is 381 g/mol. The van der Waals surface area contributed by atoms with Gasteiger partial charge in [-0.1, -0.05) is 35.9 Å². The van der Waals surface area contributed by atoms with Gasteiger partial charge in [-0.15, -0.1) is 0 Å². The minimum absolute atomic E-state index is 0.0404. The van der Waals surface area contributed by atoms with Crippen molar-refractivity contribution in [3.05, 3.63) is 94.3 Å². The van der Waals surface area contributed by atoms with Crippen LogP contribution in [0.25, 0.3) is 0 Å². The highest BCUT2D eigenvalue weighted by Crippen LogP contribution is 2.21. The molecule has 0 atom stereocenters. The molecule has 0 unspecified atom stereocenters. The zero-order chi connectivity index (χ0) is 19.2. The lowest BCUT2D eigenvalue weighted by Gasteiger charge is -2.10. The van der Waals surface area contributed by atoms with Gasteiger partial charge in [0.2, 0.25) is 0 Å². The third-order valence-electron chi connectivity index (χ3n) is 3.81. The maximum absolute atomic E-state index is 13.8. The fourth-order valence-electron chi connectivity index (χ4n) is 2.43. The van der Waals surface area contributed by atoms with Crippen molar-refractivity contribution < 1.29 is 13.9 Å². The van der Waals surface area contributed by atoms with Crippen molar-refractivity contribution in [2.45, 2.75) is 6.61 Å². The molecular weight excluding hydrogens is 367 g/mol. The maximum Gasteiger partial charge on any atom is 0.255 e. The van der Waals surface area contributed by atoms with E-state index < -0.39 is 11.7 Å². The largest absolute Gasteiger partial charge is 0.489 e. The first kappa shape index (κ1) is 18.4. The number of nitriles is 1. The predicted molar refractivity (Wildman–Crippen MR) is 101 cm³/mol. The first-order chi connectivity index (χ1) is 13.1. The van der Waals surface area contributed by atoms with Crippen LogP contribution in [0.5, 0.6) is 5.75 Å². The van der Waals surface area contributed by atoms with Gasteiger partial charge in [0.15, 0.2) is 0 Å². The molecule has 0 aliphatic carbocycles. The first-order valence-electron chi connectivity index (χ1n) is 8.04. The molecule has 1 amide bonds. The van der Waals surface area contributed by atoms with Crippen molar-refractivity contribution in [2.24, 2.45) is 0 Å². The summed E-state index contributed by atoms with van der Waals surface area (Å²) in [6, 6.07) is 19.8. The number of anilines is 1. The van der Waals surface area contributed by atoms with Gasteiger partial charge in [0, 0.05) is 16.1 Å². The third-order valence-corrected chi connectivity index (χ3v) is 4.04. The van der Waals surface area contributed by atoms with Crippen LogP contribution in [0, 0.1) is 17.1 Å². The topological polar surface area (TPSA) is 62.1 Å². The van der Waals surface area contributed by atoms with E-state index in [0.717, 1.165) is 11.6 Å². The van der Waals surface area contributed by atoms with E-state index in [-0.39, 0.29) is 17.3 Å². The van der Waals surface area contributed by atoms with Crippen LogP contribution in [0.2, 0.25) is 5.02 Å². The van der Waals surface area contributed by atoms with Gasteiger partial charge in [0.25, 0.3) is 5.91 Å². The molecule has 4 nitrogen and oxygen atoms in total. The highest BCUT2D eigenvalue weighted by Gasteiger charge is 2.11. The molecule has 0 spiro atoms. The van der Waals surface area contributed by atoms with Crippen molar-refractivity contribution in [1.29, 1.82) is 5.26 Å². The minimum Gasteiger partial charge on any atom is -0.489 e. The number of nitrogens with one attached hydrogen (secondary N) is 1. The zero-order valence-corrected chi connectivity index (χ0v) is 14.8. The Labute approximate surface area is 160 Å². The van der Waals surface area contributed by atoms with Crippen molar-refractivity contribution in [2.75, 3.05) is 5.32 Å². The summed E-state index contributed by atoms with van der Waals surface area (Å²) >= 11 is 5.71. The summed E-state index contributed by atoms with van der Waals surface area (Å²) in [5.74, 6) is -0.623. The summed E-state index contributed by atoms with van der Waals surface area (Å²) in [4.78, 5) is 12.4. The van der Waals surface area contributed by atoms with E-state index in [4.69, 9.17) is 21.6 Å². The molecule has 3 aromatic rings. The van der Waals surface area contributed by atoms with Crippen molar-refractivity contribution in [3.8, 4) is 11.8 Å². The monoisotopic (exact) mass is 380 g/mol. The molecule has 1 N–H and O–H groups in total. The highest BCUT2D eigenvalue weighted by atomic mass is 35.5. The van der Waals surface area contributed by atoms with Gasteiger partial charge in [-0.25, -0.2) is 4.39 Å². The Hall–Kier alpha value is -3.36. The van der Waals surface area contributed by atoms with E-state index in [1.165, 1.54) is 12.1 Å². The number of benzene rings is 3. The molecule has 27 heavy (non-hydrogen) atoms. The number of halogens is 2. The fourth-order valence-corrected chi connectivity index (χ4v) is 2.59. The second-order valence-corrected chi connectivity index (χ2v) is 6.10. The number of nitrogens with zero attached hydrogens (tertiary/aromatic N) is 1. The third kappa shape index (κ3) is 4.63. The van der Waals surface area contributed by atoms with Gasteiger partial charge in [0.05, 0.1) is 17.3 Å². The lowest BCUT2D eigenvalue weighted by Crippen LogP contribution is -2.13. The predicted octanol–water partition coefficient (Wildman–Crippen LogP) is 5.18. The Bertz CT molecular complexity index is 1030. The second-order valence-electron chi connectivity index (χ2n) is 5.66. The quantitative estimate of drug-likeness (QED) is 0.663. The summed E-state index contributed by atoms with van der Waals surface area (Å²) < 4.78 is 19.5. The lowest BCUT2D eigenvalue weighted by atomic mass is 10.1. The molecule has 134 valence electrons. The molecule has 0 aromatic heterocycles.